The van der Waals surface area contributed by atoms with Crippen molar-refractivity contribution in [3.05, 3.63) is 35.5 Å². The molecule has 2 aromatic rings. The van der Waals surface area contributed by atoms with E-state index in [0.717, 1.165) is 4.90 Å². The van der Waals surface area contributed by atoms with Crippen molar-refractivity contribution >= 4 is 22.7 Å². The molecule has 1 unspecified atom stereocenters. The third-order valence-electron chi connectivity index (χ3n) is 4.07. The van der Waals surface area contributed by atoms with Crippen molar-refractivity contribution < 1.29 is 27.9 Å². The molecule has 1 aromatic carbocycles. The van der Waals surface area contributed by atoms with Crippen molar-refractivity contribution in [2.24, 2.45) is 0 Å². The molecule has 24 heavy (non-hydrogen) atoms. The van der Waals surface area contributed by atoms with Gasteiger partial charge in [0.2, 0.25) is 0 Å². The van der Waals surface area contributed by atoms with Crippen LogP contribution in [0.25, 0.3) is 10.9 Å². The lowest BCUT2D eigenvalue weighted by atomic mass is 9.97. The van der Waals surface area contributed by atoms with E-state index < -0.39 is 30.6 Å². The number of nitrogens with one attached hydrogen (secondary N) is 2. The molecule has 3 rings (SSSR count). The summed E-state index contributed by atoms with van der Waals surface area (Å²) in [6.45, 7) is -0.870. The first-order valence-electron chi connectivity index (χ1n) is 7.18. The summed E-state index contributed by atoms with van der Waals surface area (Å²) in [7, 11) is 0. The van der Waals surface area contributed by atoms with Gasteiger partial charge in [-0.25, -0.2) is 0 Å². The maximum Gasteiger partial charge on any atom is 0.471 e. The number of aromatic nitrogens is 1. The van der Waals surface area contributed by atoms with E-state index >= 15 is 0 Å². The molecule has 0 aliphatic carbocycles. The number of H-pyrrole nitrogens is 1. The molecule has 1 atom stereocenters. The van der Waals surface area contributed by atoms with E-state index in [0.29, 0.717) is 22.0 Å². The van der Waals surface area contributed by atoms with Gasteiger partial charge in [-0.05, 0) is 17.7 Å². The van der Waals surface area contributed by atoms with E-state index in [-0.39, 0.29) is 13.1 Å². The molecular weight excluding hydrogens is 327 g/mol. The highest BCUT2D eigenvalue weighted by atomic mass is 19.4. The number of hydrogen-bond acceptors (Lipinski definition) is 3. The molecule has 2 amide bonds. The van der Waals surface area contributed by atoms with Crippen LogP contribution in [0.3, 0.4) is 0 Å². The SMILES string of the molecule is O=C1c2cccc3[nH]cc(c23)C(CNC(=O)C(F)(F)F)CN1CO. The third kappa shape index (κ3) is 2.71. The van der Waals surface area contributed by atoms with E-state index in [2.05, 4.69) is 4.98 Å². The smallest absolute Gasteiger partial charge is 0.376 e. The quantitative estimate of drug-likeness (QED) is 0.787. The Balaban J connectivity index is 1.97. The summed E-state index contributed by atoms with van der Waals surface area (Å²) in [6, 6.07) is 5.02. The molecule has 0 spiro atoms. The molecule has 9 heteroatoms. The minimum Gasteiger partial charge on any atom is -0.376 e. The molecule has 0 radical (unpaired) electrons. The Morgan fingerprint density at radius 3 is 2.83 bits per heavy atom. The number of halogens is 3. The predicted molar refractivity (Wildman–Crippen MR) is 78.2 cm³/mol. The van der Waals surface area contributed by atoms with E-state index in [4.69, 9.17) is 0 Å². The normalized spacial score (nSPS) is 17.9. The van der Waals surface area contributed by atoms with Gasteiger partial charge in [0.25, 0.3) is 5.91 Å². The van der Waals surface area contributed by atoms with Crippen molar-refractivity contribution in [1.82, 2.24) is 15.2 Å². The van der Waals surface area contributed by atoms with Crippen molar-refractivity contribution in [2.75, 3.05) is 19.8 Å². The summed E-state index contributed by atoms with van der Waals surface area (Å²) in [4.78, 5) is 27.7. The second-order valence-electron chi connectivity index (χ2n) is 5.55. The van der Waals surface area contributed by atoms with Crippen molar-refractivity contribution in [3.63, 3.8) is 0 Å². The first-order chi connectivity index (χ1) is 11.3. The zero-order chi connectivity index (χ0) is 17.5. The van der Waals surface area contributed by atoms with Crippen molar-refractivity contribution in [2.45, 2.75) is 12.1 Å². The van der Waals surface area contributed by atoms with Crippen LogP contribution in [-0.2, 0) is 4.79 Å². The highest BCUT2D eigenvalue weighted by Crippen LogP contribution is 2.33. The second-order valence-corrected chi connectivity index (χ2v) is 5.55. The van der Waals surface area contributed by atoms with Gasteiger partial charge < -0.3 is 20.3 Å². The number of alkyl halides is 3. The molecular formula is C15H14F3N3O3. The van der Waals surface area contributed by atoms with E-state index in [1.165, 1.54) is 0 Å². The summed E-state index contributed by atoms with van der Waals surface area (Å²) in [5.41, 5.74) is 1.66. The number of aliphatic hydroxyl groups excluding tert-OH is 1. The standard InChI is InChI=1S/C15H14F3N3O3/c16-15(17,18)14(24)20-4-8-6-21(7-22)13(23)9-2-1-3-11-12(9)10(8)5-19-11/h1-3,5,8,19,22H,4,6-7H2,(H,20,24). The topological polar surface area (TPSA) is 85.4 Å². The number of carbonyl (C=O) groups is 2. The predicted octanol–water partition coefficient (Wildman–Crippen LogP) is 1.34. The fourth-order valence-corrected chi connectivity index (χ4v) is 2.94. The first-order valence-corrected chi connectivity index (χ1v) is 7.18. The molecule has 1 aromatic heterocycles. The van der Waals surface area contributed by atoms with Gasteiger partial charge in [-0.2, -0.15) is 13.2 Å². The molecule has 0 saturated heterocycles. The molecule has 6 nitrogen and oxygen atoms in total. The van der Waals surface area contributed by atoms with Gasteiger partial charge in [0.05, 0.1) is 0 Å². The molecule has 0 fully saturated rings. The molecule has 1 aliphatic rings. The molecule has 0 saturated carbocycles. The van der Waals surface area contributed by atoms with E-state index in [1.54, 1.807) is 24.4 Å². The summed E-state index contributed by atoms with van der Waals surface area (Å²) in [6.07, 6.45) is -3.35. The minimum absolute atomic E-state index is 0.00486. The maximum atomic E-state index is 12.5. The number of aromatic amines is 1. The zero-order valence-corrected chi connectivity index (χ0v) is 12.4. The Bertz CT molecular complexity index is 800. The molecule has 3 N–H and O–H groups in total. The minimum atomic E-state index is -4.97. The Hall–Kier alpha value is -2.55. The Morgan fingerprint density at radius 2 is 2.17 bits per heavy atom. The fraction of sp³-hybridized carbons (Fsp3) is 0.333. The molecule has 1 aliphatic heterocycles. The van der Waals surface area contributed by atoms with Crippen LogP contribution in [0.2, 0.25) is 0 Å². The number of aliphatic hydroxyl groups is 1. The van der Waals surface area contributed by atoms with Gasteiger partial charge in [0, 0.05) is 41.7 Å². The van der Waals surface area contributed by atoms with Gasteiger partial charge in [-0.3, -0.25) is 9.59 Å². The monoisotopic (exact) mass is 341 g/mol. The van der Waals surface area contributed by atoms with Crippen molar-refractivity contribution in [3.8, 4) is 0 Å². The van der Waals surface area contributed by atoms with Crippen LogP contribution in [-0.4, -0.2) is 52.8 Å². The average molecular weight is 341 g/mol. The summed E-state index contributed by atoms with van der Waals surface area (Å²) in [5.74, 6) is -3.02. The lowest BCUT2D eigenvalue weighted by molar-refractivity contribution is -0.173. The molecule has 128 valence electrons. The van der Waals surface area contributed by atoms with Gasteiger partial charge in [0.1, 0.15) is 6.73 Å². The molecule has 2 heterocycles. The lowest BCUT2D eigenvalue weighted by Crippen LogP contribution is -2.41. The van der Waals surface area contributed by atoms with Crippen LogP contribution < -0.4 is 5.32 Å². The third-order valence-corrected chi connectivity index (χ3v) is 4.07. The first kappa shape index (κ1) is 16.3. The van der Waals surface area contributed by atoms with E-state index in [1.807, 2.05) is 5.32 Å². The largest absolute Gasteiger partial charge is 0.471 e. The number of carbonyl (C=O) groups excluding carboxylic acids is 2. The fourth-order valence-electron chi connectivity index (χ4n) is 2.94. The van der Waals surface area contributed by atoms with E-state index in [9.17, 15) is 27.9 Å². The number of amides is 2. The van der Waals surface area contributed by atoms with Crippen LogP contribution in [0.15, 0.2) is 24.4 Å². The van der Waals surface area contributed by atoms with Crippen LogP contribution in [0.4, 0.5) is 13.2 Å². The van der Waals surface area contributed by atoms with Gasteiger partial charge in [-0.1, -0.05) is 6.07 Å². The molecule has 0 bridgehead atoms. The lowest BCUT2D eigenvalue weighted by Gasteiger charge is -2.23. The van der Waals surface area contributed by atoms with Crippen LogP contribution in [0.5, 0.6) is 0 Å². The highest BCUT2D eigenvalue weighted by molar-refractivity contribution is 6.08. The number of benzene rings is 1. The second kappa shape index (κ2) is 5.82. The number of nitrogens with zero attached hydrogens (tertiary/aromatic N) is 1. The number of hydrogen-bond donors (Lipinski definition) is 3. The van der Waals surface area contributed by atoms with Gasteiger partial charge in [0.15, 0.2) is 0 Å². The average Bonchev–Trinajstić information content (AvgIpc) is 2.92. The van der Waals surface area contributed by atoms with Crippen LogP contribution >= 0.6 is 0 Å². The highest BCUT2D eigenvalue weighted by Gasteiger charge is 2.39. The number of rotatable bonds is 3. The summed E-state index contributed by atoms with van der Waals surface area (Å²) >= 11 is 0. The van der Waals surface area contributed by atoms with Crippen LogP contribution in [0.1, 0.15) is 21.8 Å². The van der Waals surface area contributed by atoms with Crippen LogP contribution in [0, 0.1) is 0 Å². The van der Waals surface area contributed by atoms with Crippen molar-refractivity contribution in [1.29, 1.82) is 0 Å². The summed E-state index contributed by atoms with van der Waals surface area (Å²) in [5, 5.41) is 11.9. The van der Waals surface area contributed by atoms with Gasteiger partial charge in [-0.15, -0.1) is 0 Å². The maximum absolute atomic E-state index is 12.5. The van der Waals surface area contributed by atoms with Gasteiger partial charge >= 0.3 is 12.1 Å². The Kier molecular flexibility index (Phi) is 3.96. The zero-order valence-electron chi connectivity index (χ0n) is 12.4. The summed E-state index contributed by atoms with van der Waals surface area (Å²) < 4.78 is 37.1. The Morgan fingerprint density at radius 1 is 1.42 bits per heavy atom. The Labute approximate surface area is 134 Å².